The van der Waals surface area contributed by atoms with Crippen molar-refractivity contribution in [2.24, 2.45) is 0 Å². The Bertz CT molecular complexity index is 695. The predicted octanol–water partition coefficient (Wildman–Crippen LogP) is 6.10. The van der Waals surface area contributed by atoms with Gasteiger partial charge in [-0.25, -0.2) is 18.0 Å². The highest BCUT2D eigenvalue weighted by Gasteiger charge is 2.40. The average molecular weight is 487 g/mol. The molecular formula is C20H31F5N2O4Si. The van der Waals surface area contributed by atoms with Crippen molar-refractivity contribution in [1.29, 1.82) is 0 Å². The maximum absolute atomic E-state index is 14.1. The third-order valence-electron chi connectivity index (χ3n) is 4.27. The Morgan fingerprint density at radius 3 is 1.91 bits per heavy atom. The number of anilines is 1. The molecule has 0 aromatic heterocycles. The number of rotatable bonds is 15. The maximum atomic E-state index is 14.1. The van der Waals surface area contributed by atoms with Crippen molar-refractivity contribution in [2.75, 3.05) is 31.5 Å². The fourth-order valence-corrected chi connectivity index (χ4v) is 5.58. The van der Waals surface area contributed by atoms with Gasteiger partial charge in [0.25, 0.3) is 0 Å². The molecule has 0 radical (unpaired) electrons. The first-order valence-corrected chi connectivity index (χ1v) is 12.6. The number of unbranched alkanes of at least 4 members (excludes halogenated alkanes) is 1. The lowest BCUT2D eigenvalue weighted by atomic mass is 10.3. The first kappa shape index (κ1) is 28.3. The highest BCUT2D eigenvalue weighted by Crippen LogP contribution is 2.26. The van der Waals surface area contributed by atoms with Crippen molar-refractivity contribution in [1.82, 2.24) is 5.12 Å². The van der Waals surface area contributed by atoms with Gasteiger partial charge in [0.15, 0.2) is 17.5 Å². The highest BCUT2D eigenvalue weighted by molar-refractivity contribution is 6.60. The number of halogens is 5. The van der Waals surface area contributed by atoms with Gasteiger partial charge in [-0.2, -0.15) is 5.12 Å². The van der Waals surface area contributed by atoms with Crippen molar-refractivity contribution in [3.05, 3.63) is 29.6 Å². The molecule has 0 N–H and O–H groups in total. The summed E-state index contributed by atoms with van der Waals surface area (Å²) in [6, 6.07) is -0.541. The van der Waals surface area contributed by atoms with Gasteiger partial charge in [-0.15, -0.1) is 5.12 Å². The summed E-state index contributed by atoms with van der Waals surface area (Å²) in [4.78, 5) is 11.9. The van der Waals surface area contributed by atoms with Crippen molar-refractivity contribution in [3.8, 4) is 0 Å². The summed E-state index contributed by atoms with van der Waals surface area (Å²) in [5, 5.41) is -1.37. The van der Waals surface area contributed by atoms with Gasteiger partial charge < -0.3 is 13.3 Å². The molecule has 0 heterocycles. The van der Waals surface area contributed by atoms with Gasteiger partial charge in [-0.1, -0.05) is 29.7 Å². The predicted molar refractivity (Wildman–Crippen MR) is 112 cm³/mol. The summed E-state index contributed by atoms with van der Waals surface area (Å²) in [5.41, 5.74) is -1.23. The molecule has 1 rings (SSSR count). The van der Waals surface area contributed by atoms with Crippen LogP contribution in [0, 0.1) is 17.5 Å². The van der Waals surface area contributed by atoms with Crippen molar-refractivity contribution < 1.29 is 40.2 Å². The van der Waals surface area contributed by atoms with E-state index in [1.54, 1.807) is 0 Å². The van der Waals surface area contributed by atoms with E-state index in [-0.39, 0.29) is 6.42 Å². The molecule has 6 nitrogen and oxygen atoms in total. The number of hydrogen-bond donors (Lipinski definition) is 0. The fraction of sp³-hybridized carbons (Fsp3) is 0.650. The molecule has 0 atom stereocenters. The summed E-state index contributed by atoms with van der Waals surface area (Å²) < 4.78 is 85.8. The molecule has 184 valence electrons. The lowest BCUT2D eigenvalue weighted by Crippen LogP contribution is -2.46. The second-order valence-electron chi connectivity index (χ2n) is 7.03. The minimum atomic E-state index is -2.99. The molecule has 32 heavy (non-hydrogen) atoms. The lowest BCUT2D eigenvalue weighted by molar-refractivity contribution is 0.0535. The second-order valence-corrected chi connectivity index (χ2v) is 9.76. The van der Waals surface area contributed by atoms with Crippen LogP contribution in [0.2, 0.25) is 6.04 Å². The van der Waals surface area contributed by atoms with E-state index in [1.165, 1.54) is 0 Å². The van der Waals surface area contributed by atoms with Crippen LogP contribution in [0.15, 0.2) is 12.1 Å². The zero-order chi connectivity index (χ0) is 24.1. The summed E-state index contributed by atoms with van der Waals surface area (Å²) in [6.07, 6.45) is 2.77. The minimum absolute atomic E-state index is 0.117. The molecule has 1 aromatic carbocycles. The van der Waals surface area contributed by atoms with Gasteiger partial charge in [-0.3, -0.25) is 0 Å². The number of amides is 2. The van der Waals surface area contributed by atoms with E-state index in [0.717, 1.165) is 19.3 Å². The smallest absolute Gasteiger partial charge is 0.373 e. The quantitative estimate of drug-likeness (QED) is 0.0988. The highest BCUT2D eigenvalue weighted by atomic mass is 28.4. The SMILES string of the molecule is CCCO[Si](CCCCN(F)C(=O)N(F)c1ccc(F)c(F)c1F)(OCCC)OCCC. The Hall–Kier alpha value is -1.76. The van der Waals surface area contributed by atoms with Gasteiger partial charge in [0, 0.05) is 25.9 Å². The summed E-state index contributed by atoms with van der Waals surface area (Å²) >= 11 is 0. The van der Waals surface area contributed by atoms with E-state index < -0.39 is 54.8 Å². The zero-order valence-electron chi connectivity index (χ0n) is 18.6. The normalized spacial score (nSPS) is 11.6. The van der Waals surface area contributed by atoms with Crippen LogP contribution in [0.3, 0.4) is 0 Å². The van der Waals surface area contributed by atoms with E-state index >= 15 is 0 Å². The number of carbonyl (C=O) groups is 1. The molecule has 0 aliphatic carbocycles. The van der Waals surface area contributed by atoms with Gasteiger partial charge in [0.1, 0.15) is 5.69 Å². The number of nitrogens with zero attached hydrogens (tertiary/aromatic N) is 2. The van der Waals surface area contributed by atoms with E-state index in [4.69, 9.17) is 13.3 Å². The molecule has 1 aromatic rings. The lowest BCUT2D eigenvalue weighted by Gasteiger charge is -2.29. The van der Waals surface area contributed by atoms with Gasteiger partial charge >= 0.3 is 14.8 Å². The van der Waals surface area contributed by atoms with E-state index in [1.807, 2.05) is 20.8 Å². The van der Waals surface area contributed by atoms with E-state index in [9.17, 15) is 26.9 Å². The Kier molecular flexibility index (Phi) is 12.7. The molecule has 0 spiro atoms. The van der Waals surface area contributed by atoms with Crippen LogP contribution in [0.25, 0.3) is 0 Å². The minimum Gasteiger partial charge on any atom is -0.373 e. The van der Waals surface area contributed by atoms with Crippen LogP contribution in [-0.4, -0.2) is 46.3 Å². The monoisotopic (exact) mass is 486 g/mol. The summed E-state index contributed by atoms with van der Waals surface area (Å²) in [6.45, 7) is 6.68. The Labute approximate surface area is 186 Å². The molecule has 0 aliphatic rings. The zero-order valence-corrected chi connectivity index (χ0v) is 19.6. The van der Waals surface area contributed by atoms with Crippen LogP contribution in [-0.2, 0) is 13.3 Å². The standard InChI is InChI=1S/C20H31F5N2O4Si/c1-4-12-29-32(30-13-5-2,31-14-6-3)15-8-7-11-26(24)20(28)27(25)17-10-9-16(21)18(22)19(17)23/h9-10H,4-8,11-15H2,1-3H3. The van der Waals surface area contributed by atoms with Crippen LogP contribution in [0.4, 0.5) is 32.6 Å². The number of urea groups is 1. The number of carbonyl (C=O) groups excluding carboxylic acids is 1. The topological polar surface area (TPSA) is 51.2 Å². The molecule has 0 aliphatic heterocycles. The first-order valence-electron chi connectivity index (χ1n) is 10.7. The summed E-state index contributed by atoms with van der Waals surface area (Å²) in [7, 11) is -2.99. The Morgan fingerprint density at radius 2 is 1.41 bits per heavy atom. The van der Waals surface area contributed by atoms with Gasteiger partial charge in [0.2, 0.25) is 0 Å². The third-order valence-corrected chi connectivity index (χ3v) is 7.17. The Balaban J connectivity index is 2.68. The molecule has 0 bridgehead atoms. The first-order chi connectivity index (χ1) is 15.2. The molecular weight excluding hydrogens is 455 g/mol. The maximum Gasteiger partial charge on any atom is 0.500 e. The van der Waals surface area contributed by atoms with Crippen molar-refractivity contribution in [3.63, 3.8) is 0 Å². The molecule has 2 amide bonds. The molecule has 0 fully saturated rings. The van der Waals surface area contributed by atoms with Crippen molar-refractivity contribution in [2.45, 2.75) is 58.9 Å². The van der Waals surface area contributed by atoms with Gasteiger partial charge in [0.05, 0.1) is 6.54 Å². The molecule has 0 saturated carbocycles. The Morgan fingerprint density at radius 1 is 0.875 bits per heavy atom. The number of benzene rings is 1. The molecule has 0 unspecified atom stereocenters. The van der Waals surface area contributed by atoms with Crippen molar-refractivity contribution >= 4 is 20.5 Å². The molecule has 0 saturated heterocycles. The van der Waals surface area contributed by atoms with Crippen LogP contribution in [0.1, 0.15) is 52.9 Å². The van der Waals surface area contributed by atoms with Crippen LogP contribution < -0.4 is 5.12 Å². The third kappa shape index (κ3) is 8.30. The largest absolute Gasteiger partial charge is 0.500 e. The molecule has 12 heteroatoms. The van der Waals surface area contributed by atoms with E-state index in [0.29, 0.717) is 44.4 Å². The number of hydrogen-bond acceptors (Lipinski definition) is 4. The summed E-state index contributed by atoms with van der Waals surface area (Å²) in [5.74, 6) is -5.45. The van der Waals surface area contributed by atoms with E-state index in [2.05, 4.69) is 0 Å². The second kappa shape index (κ2) is 14.4. The average Bonchev–Trinajstić information content (AvgIpc) is 2.79. The van der Waals surface area contributed by atoms with Gasteiger partial charge in [-0.05, 0) is 44.2 Å². The van der Waals surface area contributed by atoms with Crippen LogP contribution >= 0.6 is 0 Å². The fourth-order valence-electron chi connectivity index (χ4n) is 2.67. The van der Waals surface area contributed by atoms with Crippen LogP contribution in [0.5, 0.6) is 0 Å².